The molecule has 3 nitrogen and oxygen atoms in total. The first-order valence-electron chi connectivity index (χ1n) is 5.14. The maximum Gasteiger partial charge on any atom is 0.329 e. The van der Waals surface area contributed by atoms with Crippen LogP contribution in [0.4, 0.5) is 0 Å². The average molecular weight is 204 g/mol. The Morgan fingerprint density at radius 2 is 1.31 bits per heavy atom. The summed E-state index contributed by atoms with van der Waals surface area (Å²) in [6.45, 7) is 0. The van der Waals surface area contributed by atoms with Crippen LogP contribution < -0.4 is 0 Å². The first-order chi connectivity index (χ1) is 6.09. The monoisotopic (exact) mass is 204 g/mol. The second-order valence-electron chi connectivity index (χ2n) is 4.46. The third kappa shape index (κ3) is 1.83. The summed E-state index contributed by atoms with van der Waals surface area (Å²) in [7, 11) is -3.82. The van der Waals surface area contributed by atoms with Gasteiger partial charge in [0.15, 0.2) is 0 Å². The Morgan fingerprint density at radius 1 is 0.923 bits per heavy atom. The molecular weight excluding hydrogens is 187 g/mol. The summed E-state index contributed by atoms with van der Waals surface area (Å²) in [5.41, 5.74) is -0.296. The largest absolute Gasteiger partial charge is 0.329 e. The maximum absolute atomic E-state index is 11.3. The van der Waals surface area contributed by atoms with Gasteiger partial charge in [0, 0.05) is 0 Å². The molecule has 4 heteroatoms. The standard InChI is InChI=1S/C9H17O3P/c10-13(11,12)9-7-3-1-4-8(9)6-2-5-7/h7-9H,1-6H2,(H2,10,11,12). The van der Waals surface area contributed by atoms with E-state index in [1.165, 1.54) is 12.8 Å². The molecule has 76 valence electrons. The van der Waals surface area contributed by atoms with Gasteiger partial charge in [0.25, 0.3) is 0 Å². The van der Waals surface area contributed by atoms with Gasteiger partial charge in [0.1, 0.15) is 0 Å². The molecule has 0 aromatic heterocycles. The van der Waals surface area contributed by atoms with Crippen molar-refractivity contribution in [3.8, 4) is 0 Å². The Balaban J connectivity index is 2.20. The minimum Gasteiger partial charge on any atom is -0.324 e. The van der Waals surface area contributed by atoms with Crippen LogP contribution in [-0.4, -0.2) is 15.4 Å². The molecule has 0 spiro atoms. The zero-order valence-corrected chi connectivity index (χ0v) is 8.62. The molecule has 0 unspecified atom stereocenters. The second kappa shape index (κ2) is 3.38. The first-order valence-corrected chi connectivity index (χ1v) is 6.82. The molecule has 0 heterocycles. The Hall–Kier alpha value is 0.150. The van der Waals surface area contributed by atoms with Crippen molar-refractivity contribution in [3.05, 3.63) is 0 Å². The highest BCUT2D eigenvalue weighted by molar-refractivity contribution is 7.52. The molecule has 0 saturated heterocycles. The first kappa shape index (κ1) is 9.70. The van der Waals surface area contributed by atoms with Gasteiger partial charge < -0.3 is 9.79 Å². The van der Waals surface area contributed by atoms with Crippen molar-refractivity contribution in [2.24, 2.45) is 11.8 Å². The number of fused-ring (bicyclic) bond motifs is 2. The van der Waals surface area contributed by atoms with Gasteiger partial charge >= 0.3 is 7.60 Å². The van der Waals surface area contributed by atoms with Crippen molar-refractivity contribution in [2.75, 3.05) is 0 Å². The van der Waals surface area contributed by atoms with Crippen LogP contribution in [0, 0.1) is 11.8 Å². The Morgan fingerprint density at radius 3 is 1.54 bits per heavy atom. The highest BCUT2D eigenvalue weighted by Crippen LogP contribution is 2.57. The van der Waals surface area contributed by atoms with Crippen LogP contribution in [0.25, 0.3) is 0 Å². The molecule has 13 heavy (non-hydrogen) atoms. The normalized spacial score (nSPS) is 40.3. The van der Waals surface area contributed by atoms with E-state index < -0.39 is 7.60 Å². The van der Waals surface area contributed by atoms with Gasteiger partial charge in [-0.2, -0.15) is 0 Å². The number of hydrogen-bond donors (Lipinski definition) is 2. The lowest BCUT2D eigenvalue weighted by molar-refractivity contribution is 0.170. The van der Waals surface area contributed by atoms with Gasteiger partial charge in [-0.05, 0) is 37.5 Å². The van der Waals surface area contributed by atoms with E-state index in [9.17, 15) is 14.4 Å². The van der Waals surface area contributed by atoms with E-state index in [1.54, 1.807) is 0 Å². The van der Waals surface area contributed by atoms with Crippen molar-refractivity contribution in [1.82, 2.24) is 0 Å². The molecular formula is C9H17O3P. The zero-order chi connectivity index (χ0) is 9.47. The summed E-state index contributed by atoms with van der Waals surface area (Å²) in [6.07, 6.45) is 6.48. The number of rotatable bonds is 1. The van der Waals surface area contributed by atoms with Gasteiger partial charge in [-0.25, -0.2) is 0 Å². The summed E-state index contributed by atoms with van der Waals surface area (Å²) in [4.78, 5) is 18.5. The lowest BCUT2D eigenvalue weighted by Gasteiger charge is -2.42. The van der Waals surface area contributed by atoms with Crippen LogP contribution in [0.2, 0.25) is 0 Å². The minimum atomic E-state index is -3.82. The average Bonchev–Trinajstić information content (AvgIpc) is 2.01. The fourth-order valence-corrected chi connectivity index (χ4v) is 4.89. The summed E-state index contributed by atoms with van der Waals surface area (Å²) >= 11 is 0. The molecule has 2 N–H and O–H groups in total. The SMILES string of the molecule is O=P(O)(O)C1C2CCCC1CCC2. The molecule has 2 fully saturated rings. The van der Waals surface area contributed by atoms with Crippen molar-refractivity contribution in [1.29, 1.82) is 0 Å². The molecule has 0 aliphatic heterocycles. The van der Waals surface area contributed by atoms with Crippen molar-refractivity contribution < 1.29 is 14.4 Å². The van der Waals surface area contributed by atoms with Crippen LogP contribution in [0.5, 0.6) is 0 Å². The van der Waals surface area contributed by atoms with Gasteiger partial charge in [-0.3, -0.25) is 4.57 Å². The summed E-state index contributed by atoms with van der Waals surface area (Å²) in [5, 5.41) is 0. The van der Waals surface area contributed by atoms with E-state index in [0.717, 1.165) is 25.7 Å². The van der Waals surface area contributed by atoms with Crippen LogP contribution in [-0.2, 0) is 4.57 Å². The Bertz CT molecular complexity index is 213. The van der Waals surface area contributed by atoms with Gasteiger partial charge in [0.05, 0.1) is 5.66 Å². The molecule has 2 rings (SSSR count). The third-order valence-electron chi connectivity index (χ3n) is 3.65. The summed E-state index contributed by atoms with van der Waals surface area (Å²) in [6, 6.07) is 0. The van der Waals surface area contributed by atoms with E-state index in [0.29, 0.717) is 11.8 Å². The molecule has 0 radical (unpaired) electrons. The topological polar surface area (TPSA) is 57.5 Å². The van der Waals surface area contributed by atoms with E-state index in [1.807, 2.05) is 0 Å². The fraction of sp³-hybridized carbons (Fsp3) is 1.00. The lowest BCUT2D eigenvalue weighted by atomic mass is 9.72. The van der Waals surface area contributed by atoms with Crippen LogP contribution >= 0.6 is 7.60 Å². The van der Waals surface area contributed by atoms with Crippen molar-refractivity contribution >= 4 is 7.60 Å². The van der Waals surface area contributed by atoms with Gasteiger partial charge in [-0.1, -0.05) is 12.8 Å². The quantitative estimate of drug-likeness (QED) is 0.643. The van der Waals surface area contributed by atoms with Gasteiger partial charge in [0.2, 0.25) is 0 Å². The van der Waals surface area contributed by atoms with Crippen LogP contribution in [0.1, 0.15) is 38.5 Å². The third-order valence-corrected chi connectivity index (χ3v) is 5.27. The molecule has 2 saturated carbocycles. The Kier molecular flexibility index (Phi) is 2.52. The second-order valence-corrected chi connectivity index (χ2v) is 6.24. The zero-order valence-electron chi connectivity index (χ0n) is 7.72. The van der Waals surface area contributed by atoms with Crippen LogP contribution in [0.15, 0.2) is 0 Å². The minimum absolute atomic E-state index is 0.296. The number of hydrogen-bond acceptors (Lipinski definition) is 1. The predicted octanol–water partition coefficient (Wildman–Crippen LogP) is 2.13. The van der Waals surface area contributed by atoms with Crippen molar-refractivity contribution in [3.63, 3.8) is 0 Å². The fourth-order valence-electron chi connectivity index (χ4n) is 3.19. The smallest absolute Gasteiger partial charge is 0.324 e. The summed E-state index contributed by atoms with van der Waals surface area (Å²) in [5.74, 6) is 0.627. The molecule has 2 aliphatic carbocycles. The van der Waals surface area contributed by atoms with E-state index in [2.05, 4.69) is 0 Å². The molecule has 2 bridgehead atoms. The predicted molar refractivity (Wildman–Crippen MR) is 50.5 cm³/mol. The molecule has 2 aliphatic rings. The molecule has 0 atom stereocenters. The Labute approximate surface area is 78.7 Å². The highest BCUT2D eigenvalue weighted by atomic mass is 31.2. The van der Waals surface area contributed by atoms with Crippen LogP contribution in [0.3, 0.4) is 0 Å². The maximum atomic E-state index is 11.3. The van der Waals surface area contributed by atoms with E-state index >= 15 is 0 Å². The van der Waals surface area contributed by atoms with E-state index in [4.69, 9.17) is 0 Å². The molecule has 0 amide bonds. The van der Waals surface area contributed by atoms with E-state index in [-0.39, 0.29) is 5.66 Å². The molecule has 0 aromatic carbocycles. The lowest BCUT2D eigenvalue weighted by Crippen LogP contribution is -2.36. The van der Waals surface area contributed by atoms with Gasteiger partial charge in [-0.15, -0.1) is 0 Å². The highest BCUT2D eigenvalue weighted by Gasteiger charge is 2.45. The molecule has 0 aromatic rings. The summed E-state index contributed by atoms with van der Waals surface area (Å²) < 4.78 is 11.3. The van der Waals surface area contributed by atoms with Crippen molar-refractivity contribution in [2.45, 2.75) is 44.2 Å².